The first-order chi connectivity index (χ1) is 9.52. The van der Waals surface area contributed by atoms with E-state index in [-0.39, 0.29) is 5.56 Å². The maximum absolute atomic E-state index is 13.7. The number of rotatable bonds is 3. The second-order valence-electron chi connectivity index (χ2n) is 4.27. The molecule has 6 heteroatoms. The molecule has 1 unspecified atom stereocenters. The second-order valence-corrected chi connectivity index (χ2v) is 4.27. The number of nitriles is 1. The minimum Gasteiger partial charge on any atom is -0.451 e. The van der Waals surface area contributed by atoms with Crippen LogP contribution in [0, 0.1) is 17.1 Å². The summed E-state index contributed by atoms with van der Waals surface area (Å²) in [5.74, 6) is -1.13. The average molecular weight is 273 g/mol. The molecule has 0 fully saturated rings. The molecular formula is C14H12FN3O2. The van der Waals surface area contributed by atoms with Crippen molar-refractivity contribution in [2.45, 2.75) is 13.0 Å². The van der Waals surface area contributed by atoms with Crippen LogP contribution in [0.3, 0.4) is 0 Å². The third kappa shape index (κ3) is 2.67. The fraction of sp³-hybridized carbons (Fsp3) is 0.214. The van der Waals surface area contributed by atoms with E-state index in [4.69, 9.17) is 10.00 Å². The van der Waals surface area contributed by atoms with Gasteiger partial charge in [-0.05, 0) is 12.1 Å². The van der Waals surface area contributed by atoms with Gasteiger partial charge in [-0.25, -0.2) is 9.37 Å². The summed E-state index contributed by atoms with van der Waals surface area (Å²) in [7, 11) is 1.75. The molecule has 20 heavy (non-hydrogen) atoms. The molecule has 2 aromatic rings. The Labute approximate surface area is 115 Å². The highest BCUT2D eigenvalue weighted by molar-refractivity contribution is 5.66. The van der Waals surface area contributed by atoms with Crippen LogP contribution in [-0.2, 0) is 16.6 Å². The summed E-state index contributed by atoms with van der Waals surface area (Å²) in [5.41, 5.74) is 1.00. The molecular weight excluding hydrogens is 261 g/mol. The van der Waals surface area contributed by atoms with E-state index in [9.17, 15) is 9.18 Å². The van der Waals surface area contributed by atoms with Gasteiger partial charge >= 0.3 is 5.97 Å². The predicted octanol–water partition coefficient (Wildman–Crippen LogP) is 2.08. The highest BCUT2D eigenvalue weighted by atomic mass is 19.1. The Kier molecular flexibility index (Phi) is 3.80. The summed E-state index contributed by atoms with van der Waals surface area (Å²) < 4.78 is 20.6. The Bertz CT molecular complexity index is 688. The monoisotopic (exact) mass is 273 g/mol. The van der Waals surface area contributed by atoms with Gasteiger partial charge in [0.1, 0.15) is 11.9 Å². The molecule has 0 aliphatic carbocycles. The van der Waals surface area contributed by atoms with Crippen LogP contribution < -0.4 is 0 Å². The van der Waals surface area contributed by atoms with E-state index in [0.717, 1.165) is 0 Å². The van der Waals surface area contributed by atoms with Gasteiger partial charge in [0, 0.05) is 19.5 Å². The molecule has 0 saturated heterocycles. The number of aromatic nitrogens is 2. The molecule has 0 N–H and O–H groups in total. The molecule has 0 aliphatic heterocycles. The van der Waals surface area contributed by atoms with Gasteiger partial charge in [-0.15, -0.1) is 0 Å². The van der Waals surface area contributed by atoms with E-state index < -0.39 is 17.9 Å². The summed E-state index contributed by atoms with van der Waals surface area (Å²) in [4.78, 5) is 15.2. The van der Waals surface area contributed by atoms with Crippen LogP contribution in [0.15, 0.2) is 30.7 Å². The number of esters is 1. The number of halogens is 1. The molecule has 5 nitrogen and oxygen atoms in total. The maximum Gasteiger partial charge on any atom is 0.303 e. The molecule has 102 valence electrons. The fourth-order valence-electron chi connectivity index (χ4n) is 1.87. The van der Waals surface area contributed by atoms with Crippen molar-refractivity contribution in [1.82, 2.24) is 9.55 Å². The molecule has 0 amide bonds. The molecule has 1 heterocycles. The number of hydrogen-bond donors (Lipinski definition) is 0. The van der Waals surface area contributed by atoms with Gasteiger partial charge in [0.25, 0.3) is 0 Å². The Morgan fingerprint density at radius 2 is 2.30 bits per heavy atom. The van der Waals surface area contributed by atoms with Gasteiger partial charge in [0.05, 0.1) is 23.8 Å². The van der Waals surface area contributed by atoms with Crippen molar-refractivity contribution in [3.05, 3.63) is 53.4 Å². The first-order valence-electron chi connectivity index (χ1n) is 5.86. The lowest BCUT2D eigenvalue weighted by molar-refractivity contribution is -0.145. The van der Waals surface area contributed by atoms with Crippen molar-refractivity contribution in [3.8, 4) is 6.07 Å². The first-order valence-corrected chi connectivity index (χ1v) is 5.86. The van der Waals surface area contributed by atoms with Crippen molar-refractivity contribution >= 4 is 5.97 Å². The van der Waals surface area contributed by atoms with E-state index in [0.29, 0.717) is 11.3 Å². The fourth-order valence-corrected chi connectivity index (χ4v) is 1.87. The number of hydrogen-bond acceptors (Lipinski definition) is 4. The summed E-state index contributed by atoms with van der Waals surface area (Å²) in [6.07, 6.45) is 2.34. The van der Waals surface area contributed by atoms with Crippen molar-refractivity contribution in [1.29, 1.82) is 5.26 Å². The van der Waals surface area contributed by atoms with Gasteiger partial charge in [0.15, 0.2) is 6.10 Å². The van der Waals surface area contributed by atoms with E-state index in [2.05, 4.69) is 4.98 Å². The summed E-state index contributed by atoms with van der Waals surface area (Å²) in [6.45, 7) is 1.28. The zero-order valence-electron chi connectivity index (χ0n) is 11.0. The van der Waals surface area contributed by atoms with Crippen molar-refractivity contribution in [3.63, 3.8) is 0 Å². The van der Waals surface area contributed by atoms with E-state index in [1.165, 1.54) is 19.1 Å². The quantitative estimate of drug-likeness (QED) is 0.803. The molecule has 1 aromatic carbocycles. The Balaban J connectivity index is 2.47. The van der Waals surface area contributed by atoms with Gasteiger partial charge in [-0.1, -0.05) is 6.07 Å². The van der Waals surface area contributed by atoms with Crippen LogP contribution in [0.1, 0.15) is 29.8 Å². The minimum atomic E-state index is -0.762. The standard InChI is InChI=1S/C14H12FN3O2/c1-9(19)20-14(13-7-17-8-18(13)2)10-3-4-11(6-16)12(15)5-10/h3-5,7-8,14H,1-2H3. The van der Waals surface area contributed by atoms with Gasteiger partial charge in [0.2, 0.25) is 0 Å². The Morgan fingerprint density at radius 3 is 2.80 bits per heavy atom. The highest BCUT2D eigenvalue weighted by Crippen LogP contribution is 2.27. The third-order valence-electron chi connectivity index (χ3n) is 2.82. The smallest absolute Gasteiger partial charge is 0.303 e. The number of nitrogens with zero attached hydrogens (tertiary/aromatic N) is 3. The van der Waals surface area contributed by atoms with Crippen molar-refractivity contribution in [2.75, 3.05) is 0 Å². The highest BCUT2D eigenvalue weighted by Gasteiger charge is 2.21. The molecule has 1 atom stereocenters. The molecule has 0 aliphatic rings. The largest absolute Gasteiger partial charge is 0.451 e. The van der Waals surface area contributed by atoms with Crippen LogP contribution in [0.2, 0.25) is 0 Å². The Hall–Kier alpha value is -2.68. The van der Waals surface area contributed by atoms with Crippen LogP contribution in [0.4, 0.5) is 4.39 Å². The number of ether oxygens (including phenoxy) is 1. The summed E-state index contributed by atoms with van der Waals surface area (Å²) in [6, 6.07) is 5.86. The van der Waals surface area contributed by atoms with Crippen molar-refractivity contribution in [2.24, 2.45) is 7.05 Å². The zero-order valence-corrected chi connectivity index (χ0v) is 11.0. The zero-order chi connectivity index (χ0) is 14.7. The Morgan fingerprint density at radius 1 is 1.55 bits per heavy atom. The normalized spacial score (nSPS) is 11.7. The van der Waals surface area contributed by atoms with Crippen molar-refractivity contribution < 1.29 is 13.9 Å². The number of imidazole rings is 1. The average Bonchev–Trinajstić information content (AvgIpc) is 2.82. The summed E-state index contributed by atoms with van der Waals surface area (Å²) >= 11 is 0. The number of carbonyl (C=O) groups is 1. The minimum absolute atomic E-state index is 0.0552. The molecule has 2 rings (SSSR count). The van der Waals surface area contributed by atoms with Gasteiger partial charge in [-0.2, -0.15) is 5.26 Å². The molecule has 0 bridgehead atoms. The first kappa shape index (κ1) is 13.7. The van der Waals surface area contributed by atoms with E-state index >= 15 is 0 Å². The SMILES string of the molecule is CC(=O)OC(c1ccc(C#N)c(F)c1)c1cncn1C. The van der Waals surface area contributed by atoms with E-state index in [1.807, 2.05) is 0 Å². The number of carbonyl (C=O) groups excluding carboxylic acids is 1. The number of benzene rings is 1. The third-order valence-corrected chi connectivity index (χ3v) is 2.82. The second kappa shape index (κ2) is 5.53. The van der Waals surface area contributed by atoms with Crippen LogP contribution >= 0.6 is 0 Å². The lowest BCUT2D eigenvalue weighted by Crippen LogP contribution is -2.13. The molecule has 0 saturated carbocycles. The van der Waals surface area contributed by atoms with Gasteiger partial charge in [-0.3, -0.25) is 4.79 Å². The maximum atomic E-state index is 13.7. The lowest BCUT2D eigenvalue weighted by atomic mass is 10.0. The predicted molar refractivity (Wildman–Crippen MR) is 67.9 cm³/mol. The van der Waals surface area contributed by atoms with Crippen LogP contribution in [-0.4, -0.2) is 15.5 Å². The molecule has 0 spiro atoms. The van der Waals surface area contributed by atoms with Crippen LogP contribution in [0.25, 0.3) is 0 Å². The van der Waals surface area contributed by atoms with Crippen LogP contribution in [0.5, 0.6) is 0 Å². The lowest BCUT2D eigenvalue weighted by Gasteiger charge is -2.18. The van der Waals surface area contributed by atoms with E-state index in [1.54, 1.807) is 36.3 Å². The molecule has 0 radical (unpaired) electrons. The van der Waals surface area contributed by atoms with Gasteiger partial charge < -0.3 is 9.30 Å². The topological polar surface area (TPSA) is 67.9 Å². The number of aryl methyl sites for hydroxylation is 1. The molecule has 1 aromatic heterocycles. The summed E-state index contributed by atoms with van der Waals surface area (Å²) in [5, 5.41) is 8.73.